The summed E-state index contributed by atoms with van der Waals surface area (Å²) in [5.41, 5.74) is 3.47. The third kappa shape index (κ3) is 3.78. The van der Waals surface area contributed by atoms with E-state index in [9.17, 15) is 4.79 Å². The van der Waals surface area contributed by atoms with Crippen molar-refractivity contribution < 1.29 is 4.79 Å². The number of aryl methyl sites for hydroxylation is 1. The number of hydrogen-bond acceptors (Lipinski definition) is 2. The number of rotatable bonds is 3. The first kappa shape index (κ1) is 15.9. The van der Waals surface area contributed by atoms with Crippen LogP contribution in [0, 0.1) is 18.3 Å². The van der Waals surface area contributed by atoms with E-state index >= 15 is 0 Å². The third-order valence-corrected chi connectivity index (χ3v) is 4.75. The van der Waals surface area contributed by atoms with Gasteiger partial charge in [0.1, 0.15) is 0 Å². The maximum Gasteiger partial charge on any atom is 0.251 e. The van der Waals surface area contributed by atoms with E-state index in [1.165, 1.54) is 19.3 Å². The summed E-state index contributed by atoms with van der Waals surface area (Å²) in [6.45, 7) is 9.13. The second-order valence-corrected chi connectivity index (χ2v) is 7.24. The Bertz CT molecular complexity index is 522. The average molecular weight is 288 g/mol. The van der Waals surface area contributed by atoms with Gasteiger partial charge in [-0.2, -0.15) is 0 Å². The molecule has 0 radical (unpaired) electrons. The first-order chi connectivity index (χ1) is 9.82. The van der Waals surface area contributed by atoms with Gasteiger partial charge in [-0.25, -0.2) is 0 Å². The quantitative estimate of drug-likeness (QED) is 0.883. The summed E-state index contributed by atoms with van der Waals surface area (Å²) < 4.78 is 0. The molecule has 0 bridgehead atoms. The van der Waals surface area contributed by atoms with Crippen molar-refractivity contribution in [3.05, 3.63) is 29.3 Å². The number of anilines is 1. The summed E-state index contributed by atoms with van der Waals surface area (Å²) in [6, 6.07) is 6.42. The predicted octanol–water partition coefficient (Wildman–Crippen LogP) is 3.98. The maximum atomic E-state index is 11.7. The van der Waals surface area contributed by atoms with Crippen molar-refractivity contribution in [3.8, 4) is 0 Å². The van der Waals surface area contributed by atoms with Crippen molar-refractivity contribution in [2.24, 2.45) is 11.3 Å². The smallest absolute Gasteiger partial charge is 0.251 e. The molecule has 116 valence electrons. The van der Waals surface area contributed by atoms with Gasteiger partial charge in [0.15, 0.2) is 0 Å². The van der Waals surface area contributed by atoms with Crippen LogP contribution in [0.15, 0.2) is 18.2 Å². The molecule has 1 aromatic carbocycles. The van der Waals surface area contributed by atoms with Crippen LogP contribution in [0.3, 0.4) is 0 Å². The molecule has 0 aliphatic heterocycles. The normalized spacial score (nSPS) is 24.4. The second-order valence-electron chi connectivity index (χ2n) is 7.24. The zero-order chi connectivity index (χ0) is 15.6. The molecule has 1 saturated carbocycles. The van der Waals surface area contributed by atoms with Gasteiger partial charge in [0, 0.05) is 24.3 Å². The standard InChI is InChI=1S/C18H28N2O/c1-12-10-14(17(21)19-5)6-7-15(12)20-16-8-9-18(3,4)11-13(16)2/h6-7,10,13,16,20H,8-9,11H2,1-5H3,(H,19,21). The molecule has 2 N–H and O–H groups in total. The fourth-order valence-corrected chi connectivity index (χ4v) is 3.47. The molecule has 2 atom stereocenters. The van der Waals surface area contributed by atoms with E-state index in [0.29, 0.717) is 17.4 Å². The van der Waals surface area contributed by atoms with Crippen molar-refractivity contribution in [2.45, 2.75) is 53.0 Å². The van der Waals surface area contributed by atoms with Crippen LogP contribution < -0.4 is 10.6 Å². The highest BCUT2D eigenvalue weighted by Crippen LogP contribution is 2.39. The van der Waals surface area contributed by atoms with Crippen LogP contribution in [0.5, 0.6) is 0 Å². The minimum absolute atomic E-state index is 0.0302. The highest BCUT2D eigenvalue weighted by Gasteiger charge is 2.32. The Kier molecular flexibility index (Phi) is 4.60. The first-order valence-electron chi connectivity index (χ1n) is 7.92. The van der Waals surface area contributed by atoms with Gasteiger partial charge in [0.2, 0.25) is 0 Å². The van der Waals surface area contributed by atoms with Crippen molar-refractivity contribution in [1.82, 2.24) is 5.32 Å². The van der Waals surface area contributed by atoms with Crippen molar-refractivity contribution in [1.29, 1.82) is 0 Å². The molecule has 0 heterocycles. The lowest BCUT2D eigenvalue weighted by Gasteiger charge is -2.40. The first-order valence-corrected chi connectivity index (χ1v) is 7.92. The lowest BCUT2D eigenvalue weighted by Crippen LogP contribution is -2.37. The van der Waals surface area contributed by atoms with E-state index in [2.05, 4.69) is 38.3 Å². The molecule has 1 amide bonds. The summed E-state index contributed by atoms with van der Waals surface area (Å²) in [6.07, 6.45) is 3.75. The van der Waals surface area contributed by atoms with Crippen molar-refractivity contribution in [3.63, 3.8) is 0 Å². The highest BCUT2D eigenvalue weighted by atomic mass is 16.1. The Morgan fingerprint density at radius 1 is 1.33 bits per heavy atom. The minimum Gasteiger partial charge on any atom is -0.382 e. The maximum absolute atomic E-state index is 11.7. The van der Waals surface area contributed by atoms with E-state index in [1.54, 1.807) is 7.05 Å². The molecule has 0 spiro atoms. The molecule has 1 aromatic rings. The Morgan fingerprint density at radius 2 is 2.05 bits per heavy atom. The molecular weight excluding hydrogens is 260 g/mol. The highest BCUT2D eigenvalue weighted by molar-refractivity contribution is 5.94. The van der Waals surface area contributed by atoms with Crippen molar-refractivity contribution in [2.75, 3.05) is 12.4 Å². The monoisotopic (exact) mass is 288 g/mol. The Labute approximate surface area is 128 Å². The van der Waals surface area contributed by atoms with E-state index in [1.807, 2.05) is 18.2 Å². The molecule has 1 aliphatic carbocycles. The lowest BCUT2D eigenvalue weighted by atomic mass is 9.70. The fourth-order valence-electron chi connectivity index (χ4n) is 3.47. The summed E-state index contributed by atoms with van der Waals surface area (Å²) in [5.74, 6) is 0.643. The molecule has 1 fully saturated rings. The molecule has 2 rings (SSSR count). The molecular formula is C18H28N2O. The van der Waals surface area contributed by atoms with E-state index in [0.717, 1.165) is 16.8 Å². The van der Waals surface area contributed by atoms with Crippen LogP contribution in [-0.2, 0) is 0 Å². The summed E-state index contributed by atoms with van der Waals surface area (Å²) in [7, 11) is 1.66. The number of nitrogens with one attached hydrogen (secondary N) is 2. The summed E-state index contributed by atoms with van der Waals surface area (Å²) in [4.78, 5) is 11.7. The predicted molar refractivity (Wildman–Crippen MR) is 88.8 cm³/mol. The number of carbonyl (C=O) groups excluding carboxylic acids is 1. The van der Waals surface area contributed by atoms with Crippen LogP contribution in [0.4, 0.5) is 5.69 Å². The van der Waals surface area contributed by atoms with Gasteiger partial charge < -0.3 is 10.6 Å². The zero-order valence-electron chi connectivity index (χ0n) is 13.9. The van der Waals surface area contributed by atoms with Gasteiger partial charge in [0.05, 0.1) is 0 Å². The average Bonchev–Trinajstić information content (AvgIpc) is 2.42. The minimum atomic E-state index is -0.0302. The topological polar surface area (TPSA) is 41.1 Å². The molecule has 3 heteroatoms. The van der Waals surface area contributed by atoms with Gasteiger partial charge in [-0.1, -0.05) is 20.8 Å². The molecule has 3 nitrogen and oxygen atoms in total. The van der Waals surface area contributed by atoms with Gasteiger partial charge in [-0.15, -0.1) is 0 Å². The Morgan fingerprint density at radius 3 is 2.62 bits per heavy atom. The van der Waals surface area contributed by atoms with Crippen LogP contribution in [0.1, 0.15) is 56.0 Å². The van der Waals surface area contributed by atoms with Crippen LogP contribution >= 0.6 is 0 Å². The summed E-state index contributed by atoms with van der Waals surface area (Å²) >= 11 is 0. The molecule has 21 heavy (non-hydrogen) atoms. The van der Waals surface area contributed by atoms with Gasteiger partial charge in [0.25, 0.3) is 5.91 Å². The van der Waals surface area contributed by atoms with E-state index in [-0.39, 0.29) is 5.91 Å². The molecule has 2 unspecified atom stereocenters. The lowest BCUT2D eigenvalue weighted by molar-refractivity contribution is 0.0963. The molecule has 0 aromatic heterocycles. The second kappa shape index (κ2) is 6.08. The Hall–Kier alpha value is -1.51. The number of amides is 1. The van der Waals surface area contributed by atoms with Gasteiger partial charge in [-0.3, -0.25) is 4.79 Å². The van der Waals surface area contributed by atoms with Crippen LogP contribution in [-0.4, -0.2) is 19.0 Å². The largest absolute Gasteiger partial charge is 0.382 e. The van der Waals surface area contributed by atoms with Gasteiger partial charge in [-0.05, 0) is 61.3 Å². The SMILES string of the molecule is CNC(=O)c1ccc(NC2CCC(C)(C)CC2C)c(C)c1. The Balaban J connectivity index is 2.08. The molecule has 1 aliphatic rings. The number of benzene rings is 1. The van der Waals surface area contributed by atoms with Crippen LogP contribution in [0.2, 0.25) is 0 Å². The fraction of sp³-hybridized carbons (Fsp3) is 0.611. The van der Waals surface area contributed by atoms with Gasteiger partial charge >= 0.3 is 0 Å². The van der Waals surface area contributed by atoms with E-state index < -0.39 is 0 Å². The number of carbonyl (C=O) groups is 1. The van der Waals surface area contributed by atoms with E-state index in [4.69, 9.17) is 0 Å². The number of hydrogen-bond donors (Lipinski definition) is 2. The zero-order valence-corrected chi connectivity index (χ0v) is 13.9. The molecule has 0 saturated heterocycles. The third-order valence-electron chi connectivity index (χ3n) is 4.75. The van der Waals surface area contributed by atoms with Crippen molar-refractivity contribution >= 4 is 11.6 Å². The van der Waals surface area contributed by atoms with Crippen LogP contribution in [0.25, 0.3) is 0 Å². The summed E-state index contributed by atoms with van der Waals surface area (Å²) in [5, 5.41) is 6.36.